The minimum atomic E-state index is -0.139. The smallest absolute Gasteiger partial charge is 0.251 e. The van der Waals surface area contributed by atoms with Crippen molar-refractivity contribution >= 4 is 33.4 Å². The maximum Gasteiger partial charge on any atom is 0.251 e. The number of rotatable bonds is 3. The van der Waals surface area contributed by atoms with Crippen molar-refractivity contribution in [2.24, 2.45) is 0 Å². The molecule has 4 nitrogen and oxygen atoms in total. The molecule has 1 aliphatic heterocycles. The first-order valence-corrected chi connectivity index (χ1v) is 7.26. The van der Waals surface area contributed by atoms with Gasteiger partial charge >= 0.3 is 0 Å². The number of nitrogens with zero attached hydrogens (tertiary/aromatic N) is 1. The molecule has 1 amide bonds. The van der Waals surface area contributed by atoms with Crippen molar-refractivity contribution in [1.29, 1.82) is 0 Å². The summed E-state index contributed by atoms with van der Waals surface area (Å²) in [5.74, 6) is -0.139. The van der Waals surface area contributed by atoms with E-state index in [-0.39, 0.29) is 12.0 Å². The van der Waals surface area contributed by atoms with Crippen molar-refractivity contribution in [2.45, 2.75) is 6.10 Å². The van der Waals surface area contributed by atoms with Gasteiger partial charge in [-0.25, -0.2) is 0 Å². The van der Waals surface area contributed by atoms with Crippen LogP contribution in [0.5, 0.6) is 0 Å². The molecule has 19 heavy (non-hydrogen) atoms. The van der Waals surface area contributed by atoms with Crippen LogP contribution in [-0.4, -0.2) is 50.2 Å². The van der Waals surface area contributed by atoms with Crippen molar-refractivity contribution in [3.8, 4) is 0 Å². The maximum absolute atomic E-state index is 12.0. The number of likely N-dealkylation sites (N-methyl/N-ethyl adjacent to an activating group) is 1. The summed E-state index contributed by atoms with van der Waals surface area (Å²) >= 11 is 9.24. The fraction of sp³-hybridized carbons (Fsp3) is 0.462. The average Bonchev–Trinajstić information content (AvgIpc) is 2.35. The quantitative estimate of drug-likeness (QED) is 0.911. The standard InChI is InChI=1S/C13H16BrClN2O2/c1-17-2-3-19-12(8-17)7-16-13(18)9-4-10(14)6-11(15)5-9/h4-6,12H,2-3,7-8H2,1H3,(H,16,18). The lowest BCUT2D eigenvalue weighted by Gasteiger charge is -2.30. The number of hydrogen-bond acceptors (Lipinski definition) is 3. The molecule has 2 rings (SSSR count). The van der Waals surface area contributed by atoms with E-state index < -0.39 is 0 Å². The monoisotopic (exact) mass is 346 g/mol. The molecular formula is C13H16BrClN2O2. The highest BCUT2D eigenvalue weighted by Gasteiger charge is 2.18. The van der Waals surface area contributed by atoms with E-state index in [4.69, 9.17) is 16.3 Å². The first kappa shape index (κ1) is 14.8. The maximum atomic E-state index is 12.0. The topological polar surface area (TPSA) is 41.6 Å². The van der Waals surface area contributed by atoms with Crippen LogP contribution in [0.2, 0.25) is 5.02 Å². The third kappa shape index (κ3) is 4.45. The Hall–Kier alpha value is -0.620. The third-order valence-electron chi connectivity index (χ3n) is 2.96. The minimum Gasteiger partial charge on any atom is -0.374 e. The molecule has 0 spiro atoms. The zero-order chi connectivity index (χ0) is 13.8. The molecule has 1 N–H and O–H groups in total. The molecule has 1 aromatic carbocycles. The number of carbonyl (C=O) groups excluding carboxylic acids is 1. The van der Waals surface area contributed by atoms with Crippen molar-refractivity contribution in [1.82, 2.24) is 10.2 Å². The van der Waals surface area contributed by atoms with Crippen LogP contribution in [0.3, 0.4) is 0 Å². The second-order valence-electron chi connectivity index (χ2n) is 4.62. The second kappa shape index (κ2) is 6.70. The summed E-state index contributed by atoms with van der Waals surface area (Å²) in [6.45, 7) is 2.98. The molecule has 1 heterocycles. The number of nitrogens with one attached hydrogen (secondary N) is 1. The van der Waals surface area contributed by atoms with E-state index in [0.717, 1.165) is 17.6 Å². The normalized spacial score (nSPS) is 20.3. The Morgan fingerprint density at radius 1 is 1.58 bits per heavy atom. The number of amides is 1. The van der Waals surface area contributed by atoms with E-state index in [9.17, 15) is 4.79 Å². The van der Waals surface area contributed by atoms with E-state index in [1.807, 2.05) is 7.05 Å². The van der Waals surface area contributed by atoms with Crippen LogP contribution < -0.4 is 5.32 Å². The second-order valence-corrected chi connectivity index (χ2v) is 5.98. The number of ether oxygens (including phenoxy) is 1. The van der Waals surface area contributed by atoms with Gasteiger partial charge in [0.15, 0.2) is 0 Å². The van der Waals surface area contributed by atoms with Gasteiger partial charge in [0.05, 0.1) is 12.7 Å². The molecular weight excluding hydrogens is 332 g/mol. The fourth-order valence-electron chi connectivity index (χ4n) is 1.98. The van der Waals surface area contributed by atoms with Gasteiger partial charge < -0.3 is 15.0 Å². The van der Waals surface area contributed by atoms with Crippen molar-refractivity contribution in [3.63, 3.8) is 0 Å². The van der Waals surface area contributed by atoms with Gasteiger partial charge in [0.1, 0.15) is 0 Å². The molecule has 1 fully saturated rings. The van der Waals surface area contributed by atoms with Crippen LogP contribution >= 0.6 is 27.5 Å². The Balaban J connectivity index is 1.90. The molecule has 0 aromatic heterocycles. The van der Waals surface area contributed by atoms with E-state index >= 15 is 0 Å². The molecule has 104 valence electrons. The Kier molecular flexibility index (Phi) is 5.21. The summed E-state index contributed by atoms with van der Waals surface area (Å²) in [4.78, 5) is 14.2. The highest BCUT2D eigenvalue weighted by atomic mass is 79.9. The molecule has 1 aromatic rings. The average molecular weight is 348 g/mol. The zero-order valence-corrected chi connectivity index (χ0v) is 13.0. The molecule has 0 saturated carbocycles. The molecule has 1 atom stereocenters. The Bertz CT molecular complexity index is 450. The Morgan fingerprint density at radius 3 is 3.05 bits per heavy atom. The van der Waals surface area contributed by atoms with Gasteiger partial charge in [0.25, 0.3) is 5.91 Å². The molecule has 1 unspecified atom stereocenters. The molecule has 0 radical (unpaired) electrons. The van der Waals surface area contributed by atoms with Crippen molar-refractivity contribution in [2.75, 3.05) is 33.3 Å². The van der Waals surface area contributed by atoms with E-state index in [1.165, 1.54) is 0 Å². The number of halogens is 2. The van der Waals surface area contributed by atoms with Gasteiger partial charge in [-0.3, -0.25) is 4.79 Å². The Morgan fingerprint density at radius 2 is 2.37 bits per heavy atom. The third-order valence-corrected chi connectivity index (χ3v) is 3.63. The van der Waals surface area contributed by atoms with Crippen LogP contribution in [0.25, 0.3) is 0 Å². The number of benzene rings is 1. The molecule has 6 heteroatoms. The van der Waals surface area contributed by atoms with Gasteiger partial charge in [0, 0.05) is 34.7 Å². The minimum absolute atomic E-state index is 0.0466. The van der Waals surface area contributed by atoms with Gasteiger partial charge in [-0.05, 0) is 25.2 Å². The predicted octanol–water partition coefficient (Wildman–Crippen LogP) is 2.16. The molecule has 1 aliphatic rings. The van der Waals surface area contributed by atoms with Crippen LogP contribution in [0.15, 0.2) is 22.7 Å². The first-order chi connectivity index (χ1) is 9.04. The van der Waals surface area contributed by atoms with Crippen LogP contribution in [0.4, 0.5) is 0 Å². The number of hydrogen-bond donors (Lipinski definition) is 1. The van der Waals surface area contributed by atoms with E-state index in [2.05, 4.69) is 26.1 Å². The van der Waals surface area contributed by atoms with Crippen LogP contribution in [-0.2, 0) is 4.74 Å². The van der Waals surface area contributed by atoms with Gasteiger partial charge in [0.2, 0.25) is 0 Å². The lowest BCUT2D eigenvalue weighted by atomic mass is 10.2. The molecule has 1 saturated heterocycles. The Labute approximate surface area is 126 Å². The van der Waals surface area contributed by atoms with Gasteiger partial charge in [-0.15, -0.1) is 0 Å². The number of carbonyl (C=O) groups is 1. The molecule has 0 bridgehead atoms. The van der Waals surface area contributed by atoms with E-state index in [1.54, 1.807) is 18.2 Å². The number of morpholine rings is 1. The van der Waals surface area contributed by atoms with Gasteiger partial charge in [-0.2, -0.15) is 0 Å². The van der Waals surface area contributed by atoms with Crippen molar-refractivity contribution < 1.29 is 9.53 Å². The summed E-state index contributed by atoms with van der Waals surface area (Å²) in [5, 5.41) is 3.41. The molecule has 0 aliphatic carbocycles. The summed E-state index contributed by atoms with van der Waals surface area (Å²) in [5.41, 5.74) is 0.545. The summed E-state index contributed by atoms with van der Waals surface area (Å²) in [6.07, 6.45) is 0.0466. The van der Waals surface area contributed by atoms with Crippen LogP contribution in [0, 0.1) is 0 Å². The SMILES string of the molecule is CN1CCOC(CNC(=O)c2cc(Cl)cc(Br)c2)C1. The summed E-state index contributed by atoms with van der Waals surface area (Å²) in [6, 6.07) is 5.14. The predicted molar refractivity (Wildman–Crippen MR) is 78.7 cm³/mol. The lowest BCUT2D eigenvalue weighted by Crippen LogP contribution is -2.45. The van der Waals surface area contributed by atoms with E-state index in [0.29, 0.717) is 23.7 Å². The van der Waals surface area contributed by atoms with Gasteiger partial charge in [-0.1, -0.05) is 27.5 Å². The fourth-order valence-corrected chi connectivity index (χ4v) is 2.84. The van der Waals surface area contributed by atoms with Crippen molar-refractivity contribution in [3.05, 3.63) is 33.3 Å². The summed E-state index contributed by atoms with van der Waals surface area (Å²) in [7, 11) is 2.05. The summed E-state index contributed by atoms with van der Waals surface area (Å²) < 4.78 is 6.38. The largest absolute Gasteiger partial charge is 0.374 e. The zero-order valence-electron chi connectivity index (χ0n) is 10.7. The first-order valence-electron chi connectivity index (χ1n) is 6.09. The van der Waals surface area contributed by atoms with Crippen LogP contribution in [0.1, 0.15) is 10.4 Å². The highest BCUT2D eigenvalue weighted by Crippen LogP contribution is 2.19. The lowest BCUT2D eigenvalue weighted by molar-refractivity contribution is -0.0175. The highest BCUT2D eigenvalue weighted by molar-refractivity contribution is 9.10.